The van der Waals surface area contributed by atoms with Crippen LogP contribution in [0, 0.1) is 12.8 Å². The minimum absolute atomic E-state index is 0.527. The summed E-state index contributed by atoms with van der Waals surface area (Å²) in [6, 6.07) is 0. The van der Waals surface area contributed by atoms with E-state index in [1.54, 1.807) is 0 Å². The van der Waals surface area contributed by atoms with Crippen LogP contribution in [0.3, 0.4) is 0 Å². The molecule has 2 rings (SSSR count). The zero-order valence-corrected chi connectivity index (χ0v) is 15.6. The van der Waals surface area contributed by atoms with Gasteiger partial charge >= 0.3 is 0 Å². The molecule has 7 heteroatoms. The van der Waals surface area contributed by atoms with Crippen molar-refractivity contribution in [2.45, 2.75) is 46.1 Å². The zero-order valence-electron chi connectivity index (χ0n) is 15.6. The Hall–Kier alpha value is -1.63. The summed E-state index contributed by atoms with van der Waals surface area (Å²) in [6.07, 6.45) is 4.96. The summed E-state index contributed by atoms with van der Waals surface area (Å²) in [5, 5.41) is 11.7. The number of nitrogens with zero attached hydrogens (tertiary/aromatic N) is 5. The second kappa shape index (κ2) is 9.61. The number of aromatic nitrogens is 3. The van der Waals surface area contributed by atoms with Gasteiger partial charge in [-0.05, 0) is 32.1 Å². The van der Waals surface area contributed by atoms with Crippen molar-refractivity contribution in [2.24, 2.45) is 18.0 Å². The van der Waals surface area contributed by atoms with Gasteiger partial charge in [0.05, 0.1) is 6.61 Å². The van der Waals surface area contributed by atoms with Crippen LogP contribution in [0.1, 0.15) is 44.3 Å². The molecule has 1 aromatic heterocycles. The molecule has 0 spiro atoms. The lowest BCUT2D eigenvalue weighted by atomic mass is 10.3. The van der Waals surface area contributed by atoms with Gasteiger partial charge in [0, 0.05) is 33.8 Å². The molecule has 1 aliphatic carbocycles. The average Bonchev–Trinajstić information content (AvgIpc) is 3.35. The highest BCUT2D eigenvalue weighted by Crippen LogP contribution is 2.28. The van der Waals surface area contributed by atoms with Gasteiger partial charge in [-0.1, -0.05) is 13.3 Å². The van der Waals surface area contributed by atoms with Crippen LogP contribution in [0.5, 0.6) is 0 Å². The number of guanidine groups is 1. The molecule has 1 aromatic rings. The van der Waals surface area contributed by atoms with E-state index in [1.165, 1.54) is 12.8 Å². The van der Waals surface area contributed by atoms with Crippen molar-refractivity contribution >= 4 is 5.96 Å². The number of rotatable bonds is 10. The predicted molar refractivity (Wildman–Crippen MR) is 96.0 cm³/mol. The van der Waals surface area contributed by atoms with Gasteiger partial charge in [0.1, 0.15) is 12.4 Å². The third-order valence-corrected chi connectivity index (χ3v) is 4.35. The molecule has 0 unspecified atom stereocenters. The van der Waals surface area contributed by atoms with Gasteiger partial charge in [-0.15, -0.1) is 10.2 Å². The van der Waals surface area contributed by atoms with Crippen LogP contribution in [0.15, 0.2) is 4.99 Å². The predicted octanol–water partition coefficient (Wildman–Crippen LogP) is 1.73. The molecule has 136 valence electrons. The lowest BCUT2D eigenvalue weighted by molar-refractivity contribution is 0.115. The summed E-state index contributed by atoms with van der Waals surface area (Å²) in [6.45, 7) is 8.08. The number of ether oxygens (including phenoxy) is 1. The first kappa shape index (κ1) is 18.7. The van der Waals surface area contributed by atoms with E-state index in [4.69, 9.17) is 9.73 Å². The van der Waals surface area contributed by atoms with E-state index >= 15 is 0 Å². The Morgan fingerprint density at radius 2 is 2.21 bits per heavy atom. The highest BCUT2D eigenvalue weighted by molar-refractivity contribution is 5.79. The molecule has 0 amide bonds. The summed E-state index contributed by atoms with van der Waals surface area (Å²) in [4.78, 5) is 6.85. The molecule has 0 saturated heterocycles. The number of likely N-dealkylation sites (N-methyl/N-ethyl adjacent to an activating group) is 1. The first-order valence-electron chi connectivity index (χ1n) is 9.03. The van der Waals surface area contributed by atoms with Gasteiger partial charge in [0.2, 0.25) is 0 Å². The lowest BCUT2D eigenvalue weighted by Crippen LogP contribution is -2.41. The van der Waals surface area contributed by atoms with Crippen molar-refractivity contribution in [1.82, 2.24) is 25.0 Å². The van der Waals surface area contributed by atoms with Crippen molar-refractivity contribution in [3.8, 4) is 0 Å². The number of aliphatic imine (C=N–C) groups is 1. The molecular formula is C17H32N6O. The fourth-order valence-corrected chi connectivity index (χ4v) is 2.26. The Kier molecular flexibility index (Phi) is 7.49. The van der Waals surface area contributed by atoms with Crippen LogP contribution in [-0.4, -0.2) is 59.0 Å². The molecule has 7 nitrogen and oxygen atoms in total. The van der Waals surface area contributed by atoms with Crippen molar-refractivity contribution < 1.29 is 4.74 Å². The molecule has 1 fully saturated rings. The quantitative estimate of drug-likeness (QED) is 0.400. The number of nitrogens with one attached hydrogen (secondary N) is 1. The van der Waals surface area contributed by atoms with Crippen LogP contribution >= 0.6 is 0 Å². The molecule has 1 N–H and O–H groups in total. The number of aryl methyl sites for hydroxylation is 1. The molecule has 1 saturated carbocycles. The smallest absolute Gasteiger partial charge is 0.194 e. The summed E-state index contributed by atoms with van der Waals surface area (Å²) >= 11 is 0. The highest BCUT2D eigenvalue weighted by Gasteiger charge is 2.21. The second-order valence-electron chi connectivity index (χ2n) is 6.58. The normalized spacial score (nSPS) is 14.9. The Bertz CT molecular complexity index is 523. The van der Waals surface area contributed by atoms with Crippen LogP contribution < -0.4 is 5.32 Å². The van der Waals surface area contributed by atoms with Crippen molar-refractivity contribution in [3.63, 3.8) is 0 Å². The molecule has 0 radical (unpaired) electrons. The molecule has 24 heavy (non-hydrogen) atoms. The maximum absolute atomic E-state index is 5.74. The van der Waals surface area contributed by atoms with E-state index in [1.807, 2.05) is 18.5 Å². The van der Waals surface area contributed by atoms with Gasteiger partial charge in [0.15, 0.2) is 11.8 Å². The first-order valence-corrected chi connectivity index (χ1v) is 9.03. The van der Waals surface area contributed by atoms with Crippen LogP contribution in [0.25, 0.3) is 0 Å². The third-order valence-electron chi connectivity index (χ3n) is 4.35. The monoisotopic (exact) mass is 336 g/mol. The third kappa shape index (κ3) is 6.11. The maximum Gasteiger partial charge on any atom is 0.194 e. The van der Waals surface area contributed by atoms with Crippen LogP contribution in [-0.2, 0) is 18.3 Å². The number of hydrogen-bond donors (Lipinski definition) is 1. The fourth-order valence-electron chi connectivity index (χ4n) is 2.26. The molecular weight excluding hydrogens is 304 g/mol. The van der Waals surface area contributed by atoms with E-state index in [9.17, 15) is 0 Å². The topological polar surface area (TPSA) is 67.6 Å². The van der Waals surface area contributed by atoms with Crippen LogP contribution in [0.4, 0.5) is 0 Å². The van der Waals surface area contributed by atoms with E-state index in [0.29, 0.717) is 6.54 Å². The average molecular weight is 336 g/mol. The van der Waals surface area contributed by atoms with Gasteiger partial charge in [0.25, 0.3) is 0 Å². The van der Waals surface area contributed by atoms with Gasteiger partial charge in [-0.3, -0.25) is 0 Å². The number of unbranched alkanes of at least 4 members (excludes halogenated alkanes) is 1. The summed E-state index contributed by atoms with van der Waals surface area (Å²) in [7, 11) is 4.03. The molecule has 0 aromatic carbocycles. The van der Waals surface area contributed by atoms with E-state index < -0.39 is 0 Å². The lowest BCUT2D eigenvalue weighted by Gasteiger charge is -2.22. The minimum Gasteiger partial charge on any atom is -0.379 e. The molecule has 0 atom stereocenters. The molecule has 0 bridgehead atoms. The minimum atomic E-state index is 0.527. The van der Waals surface area contributed by atoms with E-state index in [2.05, 4.69) is 34.4 Å². The Labute approximate surface area is 145 Å². The largest absolute Gasteiger partial charge is 0.379 e. The second-order valence-corrected chi connectivity index (χ2v) is 6.58. The Balaban J connectivity index is 1.85. The SMILES string of the molecule is CCCCNC(=NCc1nnc(C)n1C)N(C)CCOCC1CC1. The summed E-state index contributed by atoms with van der Waals surface area (Å²) in [5.41, 5.74) is 0. The Morgan fingerprint density at radius 3 is 2.83 bits per heavy atom. The molecule has 0 aliphatic heterocycles. The van der Waals surface area contributed by atoms with Crippen molar-refractivity contribution in [2.75, 3.05) is 33.4 Å². The first-order chi connectivity index (χ1) is 11.6. The molecule has 1 heterocycles. The van der Waals surface area contributed by atoms with Crippen molar-refractivity contribution in [3.05, 3.63) is 11.6 Å². The zero-order chi connectivity index (χ0) is 17.4. The fraction of sp³-hybridized carbons (Fsp3) is 0.824. The standard InChI is InChI=1S/C17H32N6O/c1-5-6-9-18-17(19-12-16-21-20-14(2)23(16)4)22(3)10-11-24-13-15-7-8-15/h15H,5-13H2,1-4H3,(H,18,19). The van der Waals surface area contributed by atoms with Gasteiger partial charge < -0.3 is 19.5 Å². The van der Waals surface area contributed by atoms with E-state index in [-0.39, 0.29) is 0 Å². The summed E-state index contributed by atoms with van der Waals surface area (Å²) in [5.74, 6) is 3.49. The Morgan fingerprint density at radius 1 is 1.42 bits per heavy atom. The van der Waals surface area contributed by atoms with Crippen molar-refractivity contribution in [1.29, 1.82) is 0 Å². The van der Waals surface area contributed by atoms with Gasteiger partial charge in [-0.25, -0.2) is 4.99 Å². The highest BCUT2D eigenvalue weighted by atomic mass is 16.5. The number of hydrogen-bond acceptors (Lipinski definition) is 4. The maximum atomic E-state index is 5.74. The molecule has 1 aliphatic rings. The van der Waals surface area contributed by atoms with E-state index in [0.717, 1.165) is 62.7 Å². The van der Waals surface area contributed by atoms with Gasteiger partial charge in [-0.2, -0.15) is 0 Å². The summed E-state index contributed by atoms with van der Waals surface area (Å²) < 4.78 is 7.72. The van der Waals surface area contributed by atoms with Crippen LogP contribution in [0.2, 0.25) is 0 Å².